The number of nitrogens with zero attached hydrogens (tertiary/aromatic N) is 5. The van der Waals surface area contributed by atoms with Crippen LogP contribution in [-0.4, -0.2) is 72.4 Å². The minimum Gasteiger partial charge on any atom is -0.481 e. The van der Waals surface area contributed by atoms with Gasteiger partial charge in [-0.25, -0.2) is 9.97 Å². The number of carbonyl (C=O) groups excluding carboxylic acids is 2. The molecule has 2 aromatic heterocycles. The number of carboxylic acid groups (broad SMARTS) is 1. The summed E-state index contributed by atoms with van der Waals surface area (Å²) in [5.41, 5.74) is -0.360. The summed E-state index contributed by atoms with van der Waals surface area (Å²) in [6, 6.07) is 0. The van der Waals surface area contributed by atoms with Gasteiger partial charge in [0.25, 0.3) is 0 Å². The molecule has 0 unspecified atom stereocenters. The highest BCUT2D eigenvalue weighted by Gasteiger charge is 2.71. The summed E-state index contributed by atoms with van der Waals surface area (Å²) in [5, 5.41) is 35.3. The van der Waals surface area contributed by atoms with E-state index < -0.39 is 28.9 Å². The van der Waals surface area contributed by atoms with Gasteiger partial charge in [0.1, 0.15) is 12.2 Å². The van der Waals surface area contributed by atoms with Gasteiger partial charge in [-0.15, -0.1) is 10.2 Å². The minimum atomic E-state index is -1.19. The zero-order chi connectivity index (χ0) is 42.4. The van der Waals surface area contributed by atoms with Crippen molar-refractivity contribution in [2.45, 2.75) is 145 Å². The van der Waals surface area contributed by atoms with E-state index in [-0.39, 0.29) is 58.2 Å². The van der Waals surface area contributed by atoms with E-state index in [0.717, 1.165) is 56.1 Å². The van der Waals surface area contributed by atoms with Crippen LogP contribution in [0.1, 0.15) is 138 Å². The Bertz CT molecular complexity index is 1990. The van der Waals surface area contributed by atoms with E-state index in [1.807, 2.05) is 11.6 Å². The number of nitrogens with one attached hydrogen (secondary N) is 1. The molecule has 2 aromatic rings. The lowest BCUT2D eigenvalue weighted by molar-refractivity contribution is -0.235. The first-order chi connectivity index (χ1) is 27.1. The summed E-state index contributed by atoms with van der Waals surface area (Å²) in [6.45, 7) is 20.5. The first-order valence-electron chi connectivity index (χ1n) is 21.5. The molecule has 9 atom stereocenters. The van der Waals surface area contributed by atoms with Gasteiger partial charge < -0.3 is 24.8 Å². The third-order valence-corrected chi connectivity index (χ3v) is 17.0. The van der Waals surface area contributed by atoms with Crippen LogP contribution < -0.4 is 5.32 Å². The Hall–Kier alpha value is -3.22. The Morgan fingerprint density at radius 1 is 0.983 bits per heavy atom. The number of aliphatic carboxylic acids is 1. The molecule has 0 aromatic carbocycles. The van der Waals surface area contributed by atoms with E-state index in [4.69, 9.17) is 16.3 Å². The third-order valence-electron chi connectivity index (χ3n) is 16.8. The summed E-state index contributed by atoms with van der Waals surface area (Å²) in [5.74, 6) is 0.826. The molecule has 5 aliphatic carbocycles. The SMILES string of the molecule is CNCCn1c(-c2ncc(Cl)cn2)nnc1[C@H](O)[C@@]12CC[C@]3(C)[C@H](CC[C@@H]4[C@@]5(C)CC[C@H](OC(=O)CC(C)(C)C(=O)O)C(C)(C)[C@@H]5CC[C@]43C)C1=C(C(C)C)C(=O)C2. The van der Waals surface area contributed by atoms with Gasteiger partial charge in [-0.05, 0) is 123 Å². The second kappa shape index (κ2) is 14.8. The van der Waals surface area contributed by atoms with Gasteiger partial charge in [-0.1, -0.05) is 60.1 Å². The zero-order valence-corrected chi connectivity index (χ0v) is 37.0. The molecule has 0 spiro atoms. The van der Waals surface area contributed by atoms with Crippen molar-refractivity contribution in [3.05, 3.63) is 34.4 Å². The average molecular weight is 822 g/mol. The molecule has 4 fully saturated rings. The van der Waals surface area contributed by atoms with Crippen LogP contribution in [-0.2, 0) is 25.7 Å². The largest absolute Gasteiger partial charge is 0.481 e. The van der Waals surface area contributed by atoms with Crippen molar-refractivity contribution in [3.8, 4) is 11.6 Å². The average Bonchev–Trinajstić information content (AvgIpc) is 3.70. The highest BCUT2D eigenvalue weighted by molar-refractivity contribution is 6.30. The number of aliphatic hydroxyl groups is 1. The topological polar surface area (TPSA) is 169 Å². The van der Waals surface area contributed by atoms with Gasteiger partial charge in [0.2, 0.25) is 5.82 Å². The highest BCUT2D eigenvalue weighted by Crippen LogP contribution is 2.77. The highest BCUT2D eigenvalue weighted by atomic mass is 35.5. The molecular weight excluding hydrogens is 756 g/mol. The van der Waals surface area contributed by atoms with Crippen molar-refractivity contribution in [3.63, 3.8) is 0 Å². The Labute approximate surface area is 348 Å². The second-order valence-corrected chi connectivity index (χ2v) is 21.3. The van der Waals surface area contributed by atoms with Gasteiger partial charge in [0, 0.05) is 42.7 Å². The van der Waals surface area contributed by atoms with Gasteiger partial charge in [-0.3, -0.25) is 14.4 Å². The Kier molecular flexibility index (Phi) is 10.9. The zero-order valence-electron chi connectivity index (χ0n) is 36.2. The first kappa shape index (κ1) is 42.9. The monoisotopic (exact) mass is 820 g/mol. The maximum Gasteiger partial charge on any atom is 0.309 e. The van der Waals surface area contributed by atoms with Gasteiger partial charge in [0.15, 0.2) is 17.4 Å². The van der Waals surface area contributed by atoms with Gasteiger partial charge in [-0.2, -0.15) is 0 Å². The number of fused-ring (bicyclic) bond motifs is 7. The molecule has 0 saturated heterocycles. The van der Waals surface area contributed by atoms with Crippen LogP contribution in [0.4, 0.5) is 0 Å². The standard InChI is InChI=1S/C45H65ClN6O6/c1-25(2)33-28(53)21-45(35(55)37-50-51-38(52(37)20-19-47-10)36-48-23-26(46)24-49-36)18-17-43(8)27(34(33)45)11-12-30-42(7)15-14-31(58-32(54)22-40(3,4)39(56)57)41(5,6)29(42)13-16-44(30,43)9/h23-25,27,29-31,35,47,55H,11-22H2,1-10H3,(H,56,57)/t27-,29+,30-,31+,35+,42+,43-,44-,45-/m1/s1. The van der Waals surface area contributed by atoms with Crippen LogP contribution in [0.5, 0.6) is 0 Å². The lowest BCUT2D eigenvalue weighted by Crippen LogP contribution is -2.66. The number of ether oxygens (including phenoxy) is 1. The molecule has 3 N–H and O–H groups in total. The fourth-order valence-corrected chi connectivity index (χ4v) is 13.7. The number of rotatable bonds is 11. The number of halogens is 1. The molecule has 58 heavy (non-hydrogen) atoms. The van der Waals surface area contributed by atoms with Crippen LogP contribution in [0.2, 0.25) is 5.02 Å². The van der Waals surface area contributed by atoms with E-state index in [1.54, 1.807) is 13.8 Å². The number of aromatic nitrogens is 5. The van der Waals surface area contributed by atoms with E-state index >= 15 is 0 Å². The molecule has 4 saturated carbocycles. The summed E-state index contributed by atoms with van der Waals surface area (Å²) in [4.78, 5) is 48.2. The maximum absolute atomic E-state index is 14.4. The maximum atomic E-state index is 14.4. The molecule has 318 valence electrons. The Morgan fingerprint density at radius 3 is 2.31 bits per heavy atom. The van der Waals surface area contributed by atoms with Gasteiger partial charge >= 0.3 is 11.9 Å². The number of ketones is 1. The Morgan fingerprint density at radius 2 is 1.67 bits per heavy atom. The number of Topliss-reactive ketones (excluding diaryl/α,β-unsaturated/α-hetero) is 1. The lowest BCUT2D eigenvalue weighted by Gasteiger charge is -2.72. The number of carbonyl (C=O) groups is 3. The second-order valence-electron chi connectivity index (χ2n) is 20.8. The number of esters is 1. The lowest BCUT2D eigenvalue weighted by atomic mass is 9.33. The summed E-state index contributed by atoms with van der Waals surface area (Å²) >= 11 is 6.13. The molecule has 0 bridgehead atoms. The first-order valence-corrected chi connectivity index (χ1v) is 21.9. The predicted octanol–water partition coefficient (Wildman–Crippen LogP) is 8.03. The molecule has 13 heteroatoms. The van der Waals surface area contributed by atoms with E-state index in [9.17, 15) is 24.6 Å². The number of likely N-dealkylation sites (N-methyl/N-ethyl adjacent to an activating group) is 1. The smallest absolute Gasteiger partial charge is 0.309 e. The predicted molar refractivity (Wildman–Crippen MR) is 220 cm³/mol. The van der Waals surface area contributed by atoms with E-state index in [2.05, 4.69) is 73.9 Å². The number of carboxylic acids is 1. The molecule has 2 heterocycles. The molecule has 12 nitrogen and oxygen atoms in total. The van der Waals surface area contributed by atoms with Crippen molar-refractivity contribution in [2.75, 3.05) is 13.6 Å². The third kappa shape index (κ3) is 6.39. The summed E-state index contributed by atoms with van der Waals surface area (Å²) in [6.07, 6.45) is 9.03. The Balaban J connectivity index is 1.22. The van der Waals surface area contributed by atoms with Crippen molar-refractivity contribution < 1.29 is 29.3 Å². The molecule has 5 aliphatic rings. The molecular formula is C45H65ClN6O6. The van der Waals surface area contributed by atoms with Gasteiger partial charge in [0.05, 0.1) is 16.9 Å². The summed E-state index contributed by atoms with van der Waals surface area (Å²) in [7, 11) is 1.88. The van der Waals surface area contributed by atoms with Crippen LogP contribution >= 0.6 is 11.6 Å². The van der Waals surface area contributed by atoms with Crippen molar-refractivity contribution in [1.29, 1.82) is 0 Å². The van der Waals surface area contributed by atoms with Crippen molar-refractivity contribution in [2.24, 2.45) is 56.2 Å². The fourth-order valence-electron chi connectivity index (χ4n) is 13.6. The summed E-state index contributed by atoms with van der Waals surface area (Å²) < 4.78 is 8.09. The number of aliphatic hydroxyl groups excluding tert-OH is 1. The van der Waals surface area contributed by atoms with Crippen LogP contribution in [0, 0.1) is 56.2 Å². The molecule has 0 aliphatic heterocycles. The number of hydrogen-bond acceptors (Lipinski definition) is 10. The number of allylic oxidation sites excluding steroid dienone is 1. The fraction of sp³-hybridized carbons (Fsp3) is 0.756. The minimum absolute atomic E-state index is 0.00635. The van der Waals surface area contributed by atoms with E-state index in [1.165, 1.54) is 12.4 Å². The van der Waals surface area contributed by atoms with Crippen LogP contribution in [0.15, 0.2) is 23.5 Å². The van der Waals surface area contributed by atoms with Crippen LogP contribution in [0.25, 0.3) is 11.6 Å². The normalized spacial score (nSPS) is 34.9. The quantitative estimate of drug-likeness (QED) is 0.188. The van der Waals surface area contributed by atoms with Crippen molar-refractivity contribution >= 4 is 29.3 Å². The van der Waals surface area contributed by atoms with Crippen LogP contribution in [0.3, 0.4) is 0 Å². The molecule has 0 radical (unpaired) electrons. The molecule has 0 amide bonds. The van der Waals surface area contributed by atoms with E-state index in [0.29, 0.717) is 53.8 Å². The van der Waals surface area contributed by atoms with Crippen molar-refractivity contribution in [1.82, 2.24) is 30.0 Å². The number of hydrogen-bond donors (Lipinski definition) is 3. The molecule has 7 rings (SSSR count).